The van der Waals surface area contributed by atoms with E-state index in [1.165, 1.54) is 0 Å². The largest absolute Gasteiger partial charge is 0.335 e. The average Bonchev–Trinajstić information content (AvgIpc) is 2.26. The molecule has 5 heteroatoms. The summed E-state index contributed by atoms with van der Waals surface area (Å²) in [5.41, 5.74) is 0.312. The lowest BCUT2D eigenvalue weighted by Gasteiger charge is -2.08. The van der Waals surface area contributed by atoms with Crippen LogP contribution in [0.15, 0.2) is 22.8 Å². The van der Waals surface area contributed by atoms with Crippen LogP contribution in [0.25, 0.3) is 0 Å². The van der Waals surface area contributed by atoms with E-state index in [4.69, 9.17) is 5.26 Å². The highest BCUT2D eigenvalue weighted by atomic mass is 79.9. The summed E-state index contributed by atoms with van der Waals surface area (Å²) >= 11 is 3.23. The molecule has 0 spiro atoms. The molecule has 1 rings (SSSR count). The Bertz CT molecular complexity index is 383. The highest BCUT2D eigenvalue weighted by Gasteiger charge is 2.11. The number of carbonyl (C=O) groups excluding carboxylic acids is 1. The van der Waals surface area contributed by atoms with Gasteiger partial charge in [-0.15, -0.1) is 0 Å². The summed E-state index contributed by atoms with van der Waals surface area (Å²) in [4.78, 5) is 15.5. The molecule has 0 saturated heterocycles. The average molecular weight is 268 g/mol. The molecule has 0 aliphatic rings. The van der Waals surface area contributed by atoms with Crippen molar-refractivity contribution >= 4 is 21.8 Å². The number of aromatic nitrogens is 1. The standard InChI is InChI=1S/C10H10BrN3O/c1-2-8(5-12)14-10(15)9-4-3-7(11)6-13-9/h3-4,6,8H,2H2,1H3,(H,14,15). The van der Waals surface area contributed by atoms with Crippen LogP contribution < -0.4 is 5.32 Å². The van der Waals surface area contributed by atoms with Gasteiger partial charge < -0.3 is 5.32 Å². The van der Waals surface area contributed by atoms with E-state index in [0.29, 0.717) is 12.1 Å². The van der Waals surface area contributed by atoms with Gasteiger partial charge in [0.2, 0.25) is 0 Å². The van der Waals surface area contributed by atoms with E-state index in [0.717, 1.165) is 4.47 Å². The van der Waals surface area contributed by atoms with Crippen LogP contribution in [-0.4, -0.2) is 16.9 Å². The van der Waals surface area contributed by atoms with Gasteiger partial charge in [-0.3, -0.25) is 4.79 Å². The number of halogens is 1. The lowest BCUT2D eigenvalue weighted by Crippen LogP contribution is -2.33. The third-order valence-corrected chi connectivity index (χ3v) is 2.30. The summed E-state index contributed by atoms with van der Waals surface area (Å²) in [5, 5.41) is 11.2. The minimum atomic E-state index is -0.456. The number of carbonyl (C=O) groups is 1. The van der Waals surface area contributed by atoms with Gasteiger partial charge in [-0.25, -0.2) is 4.98 Å². The number of pyridine rings is 1. The van der Waals surface area contributed by atoms with E-state index in [9.17, 15) is 4.79 Å². The van der Waals surface area contributed by atoms with E-state index in [1.54, 1.807) is 18.3 Å². The van der Waals surface area contributed by atoms with Crippen LogP contribution in [0.4, 0.5) is 0 Å². The summed E-state index contributed by atoms with van der Waals surface area (Å²) in [5.74, 6) is -0.323. The first-order valence-corrected chi connectivity index (χ1v) is 5.28. The van der Waals surface area contributed by atoms with Crippen molar-refractivity contribution in [2.24, 2.45) is 0 Å². The van der Waals surface area contributed by atoms with Crippen molar-refractivity contribution in [3.63, 3.8) is 0 Å². The zero-order valence-corrected chi connectivity index (χ0v) is 9.78. The van der Waals surface area contributed by atoms with Gasteiger partial charge in [-0.2, -0.15) is 5.26 Å². The van der Waals surface area contributed by atoms with Crippen molar-refractivity contribution in [1.82, 2.24) is 10.3 Å². The smallest absolute Gasteiger partial charge is 0.270 e. The van der Waals surface area contributed by atoms with Crippen molar-refractivity contribution in [2.45, 2.75) is 19.4 Å². The molecule has 0 bridgehead atoms. The number of amides is 1. The monoisotopic (exact) mass is 267 g/mol. The van der Waals surface area contributed by atoms with Gasteiger partial charge in [0.15, 0.2) is 0 Å². The Morgan fingerprint density at radius 2 is 2.47 bits per heavy atom. The molecule has 0 fully saturated rings. The maximum Gasteiger partial charge on any atom is 0.270 e. The molecule has 0 radical (unpaired) electrons. The number of nitriles is 1. The van der Waals surface area contributed by atoms with E-state index in [2.05, 4.69) is 26.2 Å². The number of nitrogens with zero attached hydrogens (tertiary/aromatic N) is 2. The Morgan fingerprint density at radius 1 is 1.73 bits per heavy atom. The van der Waals surface area contributed by atoms with Crippen molar-refractivity contribution in [3.05, 3.63) is 28.5 Å². The van der Waals surface area contributed by atoms with Crippen molar-refractivity contribution in [2.75, 3.05) is 0 Å². The molecule has 0 aromatic carbocycles. The zero-order valence-electron chi connectivity index (χ0n) is 8.20. The maximum absolute atomic E-state index is 11.5. The molecule has 1 aromatic rings. The van der Waals surface area contributed by atoms with E-state index in [-0.39, 0.29) is 5.91 Å². The summed E-state index contributed by atoms with van der Waals surface area (Å²) in [7, 11) is 0. The summed E-state index contributed by atoms with van der Waals surface area (Å²) < 4.78 is 0.811. The quantitative estimate of drug-likeness (QED) is 0.910. The molecule has 78 valence electrons. The van der Waals surface area contributed by atoms with Crippen molar-refractivity contribution in [1.29, 1.82) is 5.26 Å². The SMILES string of the molecule is CCC(C#N)NC(=O)c1ccc(Br)cn1. The first kappa shape index (κ1) is 11.7. The Morgan fingerprint density at radius 3 is 2.93 bits per heavy atom. The van der Waals surface area contributed by atoms with Crippen LogP contribution in [0.2, 0.25) is 0 Å². The predicted molar refractivity (Wildman–Crippen MR) is 59.1 cm³/mol. The van der Waals surface area contributed by atoms with Crippen LogP contribution >= 0.6 is 15.9 Å². The van der Waals surface area contributed by atoms with Gasteiger partial charge in [-0.1, -0.05) is 6.92 Å². The fraction of sp³-hybridized carbons (Fsp3) is 0.300. The van der Waals surface area contributed by atoms with Crippen LogP contribution in [-0.2, 0) is 0 Å². The number of hydrogen-bond donors (Lipinski definition) is 1. The van der Waals surface area contributed by atoms with Gasteiger partial charge in [-0.05, 0) is 34.5 Å². The second kappa shape index (κ2) is 5.47. The molecule has 1 aromatic heterocycles. The normalized spacial score (nSPS) is 11.5. The molecule has 1 atom stereocenters. The van der Waals surface area contributed by atoms with Crippen LogP contribution in [0, 0.1) is 11.3 Å². The van der Waals surface area contributed by atoms with E-state index < -0.39 is 6.04 Å². The number of rotatable bonds is 3. The minimum Gasteiger partial charge on any atom is -0.335 e. The van der Waals surface area contributed by atoms with Gasteiger partial charge in [0.1, 0.15) is 11.7 Å². The van der Waals surface area contributed by atoms with E-state index in [1.807, 2.05) is 13.0 Å². The van der Waals surface area contributed by atoms with Gasteiger partial charge in [0, 0.05) is 10.7 Å². The van der Waals surface area contributed by atoms with E-state index >= 15 is 0 Å². The molecule has 1 amide bonds. The minimum absolute atomic E-state index is 0.312. The Kier molecular flexibility index (Phi) is 4.25. The number of nitrogens with one attached hydrogen (secondary N) is 1. The molecule has 0 aliphatic carbocycles. The molecule has 1 unspecified atom stereocenters. The molecule has 0 aliphatic heterocycles. The Hall–Kier alpha value is -1.41. The predicted octanol–water partition coefficient (Wildman–Crippen LogP) is 1.88. The molecular formula is C10H10BrN3O. The fourth-order valence-electron chi connectivity index (χ4n) is 0.968. The van der Waals surface area contributed by atoms with Crippen molar-refractivity contribution in [3.8, 4) is 6.07 Å². The van der Waals surface area contributed by atoms with Crippen LogP contribution in [0.3, 0.4) is 0 Å². The highest BCUT2D eigenvalue weighted by Crippen LogP contribution is 2.07. The summed E-state index contributed by atoms with van der Waals surface area (Å²) in [6, 6.07) is 4.87. The summed E-state index contributed by atoms with van der Waals surface area (Å²) in [6.45, 7) is 1.84. The molecule has 15 heavy (non-hydrogen) atoms. The van der Waals surface area contributed by atoms with Gasteiger partial charge >= 0.3 is 0 Å². The maximum atomic E-state index is 11.5. The molecule has 1 heterocycles. The van der Waals surface area contributed by atoms with Crippen LogP contribution in [0.5, 0.6) is 0 Å². The van der Waals surface area contributed by atoms with Crippen molar-refractivity contribution < 1.29 is 4.79 Å². The first-order valence-electron chi connectivity index (χ1n) is 4.49. The van der Waals surface area contributed by atoms with Gasteiger partial charge in [0.05, 0.1) is 6.07 Å². The second-order valence-electron chi connectivity index (χ2n) is 2.93. The molecule has 4 nitrogen and oxygen atoms in total. The molecule has 0 saturated carbocycles. The topological polar surface area (TPSA) is 65.8 Å². The summed E-state index contributed by atoms with van der Waals surface area (Å²) in [6.07, 6.45) is 2.13. The van der Waals surface area contributed by atoms with Gasteiger partial charge in [0.25, 0.3) is 5.91 Å². The number of hydrogen-bond acceptors (Lipinski definition) is 3. The lowest BCUT2D eigenvalue weighted by molar-refractivity contribution is 0.0939. The Balaban J connectivity index is 2.70. The second-order valence-corrected chi connectivity index (χ2v) is 3.84. The highest BCUT2D eigenvalue weighted by molar-refractivity contribution is 9.10. The lowest BCUT2D eigenvalue weighted by atomic mass is 10.2. The third kappa shape index (κ3) is 3.33. The third-order valence-electron chi connectivity index (χ3n) is 1.83. The Labute approximate surface area is 96.4 Å². The fourth-order valence-corrected chi connectivity index (χ4v) is 1.20. The van der Waals surface area contributed by atoms with Crippen LogP contribution in [0.1, 0.15) is 23.8 Å². The zero-order chi connectivity index (χ0) is 11.3. The molecular weight excluding hydrogens is 258 g/mol. The first-order chi connectivity index (χ1) is 7.17. The molecule has 1 N–H and O–H groups in total.